The van der Waals surface area contributed by atoms with Crippen LogP contribution in [0.4, 0.5) is 5.69 Å². The topological polar surface area (TPSA) is 12.0 Å². The highest BCUT2D eigenvalue weighted by Gasteiger charge is 2.61. The van der Waals surface area contributed by atoms with E-state index < -0.39 is 0 Å². The third-order valence-electron chi connectivity index (χ3n) is 7.23. The Bertz CT molecular complexity index is 501. The van der Waals surface area contributed by atoms with Gasteiger partial charge in [-0.2, -0.15) is 0 Å². The molecule has 0 heterocycles. The van der Waals surface area contributed by atoms with Gasteiger partial charge in [-0.15, -0.1) is 0 Å². The lowest BCUT2D eigenvalue weighted by molar-refractivity contribution is 0.142. The lowest BCUT2D eigenvalue weighted by atomic mass is 9.69. The van der Waals surface area contributed by atoms with E-state index in [1.807, 2.05) is 0 Å². The molecule has 2 fully saturated rings. The minimum absolute atomic E-state index is 0.451. The molecule has 2 bridgehead atoms. The van der Waals surface area contributed by atoms with Crippen LogP contribution in [0.5, 0.6) is 0 Å². The molecule has 0 saturated heterocycles. The smallest absolute Gasteiger partial charge is 0.0342 e. The van der Waals surface area contributed by atoms with Crippen molar-refractivity contribution >= 4 is 5.69 Å². The average Bonchev–Trinajstić information content (AvgIpc) is 2.80. The maximum absolute atomic E-state index is 3.85. The SMILES string of the molecule is CCC(C)c1ccc(NC2CC3CCC2(C)C3(C)C)cc1. The van der Waals surface area contributed by atoms with Crippen LogP contribution < -0.4 is 5.32 Å². The Balaban J connectivity index is 1.74. The highest BCUT2D eigenvalue weighted by atomic mass is 15.0. The van der Waals surface area contributed by atoms with Crippen molar-refractivity contribution in [2.24, 2.45) is 16.7 Å². The Labute approximate surface area is 130 Å². The number of benzene rings is 1. The van der Waals surface area contributed by atoms with Gasteiger partial charge in [-0.25, -0.2) is 0 Å². The van der Waals surface area contributed by atoms with Crippen LogP contribution in [0.2, 0.25) is 0 Å². The molecule has 3 rings (SSSR count). The highest BCUT2D eigenvalue weighted by Crippen LogP contribution is 2.65. The van der Waals surface area contributed by atoms with Gasteiger partial charge in [0.05, 0.1) is 0 Å². The molecule has 0 aromatic heterocycles. The summed E-state index contributed by atoms with van der Waals surface area (Å²) < 4.78 is 0. The van der Waals surface area contributed by atoms with E-state index in [4.69, 9.17) is 0 Å². The normalized spacial score (nSPS) is 34.9. The molecule has 2 aliphatic carbocycles. The van der Waals surface area contributed by atoms with E-state index in [0.717, 1.165) is 5.92 Å². The van der Waals surface area contributed by atoms with Crippen LogP contribution in [0, 0.1) is 16.7 Å². The van der Waals surface area contributed by atoms with Crippen molar-refractivity contribution in [1.82, 2.24) is 0 Å². The number of fused-ring (bicyclic) bond motifs is 2. The molecule has 21 heavy (non-hydrogen) atoms. The Morgan fingerprint density at radius 1 is 1.19 bits per heavy atom. The molecule has 1 aromatic carbocycles. The summed E-state index contributed by atoms with van der Waals surface area (Å²) in [4.78, 5) is 0. The summed E-state index contributed by atoms with van der Waals surface area (Å²) in [5.41, 5.74) is 3.70. The quantitative estimate of drug-likeness (QED) is 0.734. The third kappa shape index (κ3) is 2.20. The Morgan fingerprint density at radius 2 is 1.86 bits per heavy atom. The van der Waals surface area contributed by atoms with Crippen LogP contribution >= 0.6 is 0 Å². The number of rotatable bonds is 4. The van der Waals surface area contributed by atoms with Gasteiger partial charge >= 0.3 is 0 Å². The van der Waals surface area contributed by atoms with Gasteiger partial charge in [0.1, 0.15) is 0 Å². The first kappa shape index (κ1) is 14.9. The van der Waals surface area contributed by atoms with E-state index in [9.17, 15) is 0 Å². The van der Waals surface area contributed by atoms with Crippen LogP contribution in [-0.4, -0.2) is 6.04 Å². The summed E-state index contributed by atoms with van der Waals surface area (Å²) in [5, 5.41) is 3.85. The highest BCUT2D eigenvalue weighted by molar-refractivity contribution is 5.47. The zero-order chi connectivity index (χ0) is 15.3. The van der Waals surface area contributed by atoms with Crippen molar-refractivity contribution in [2.75, 3.05) is 5.32 Å². The molecule has 1 N–H and O–H groups in total. The summed E-state index contributed by atoms with van der Waals surface area (Å²) in [6, 6.07) is 9.81. The van der Waals surface area contributed by atoms with Gasteiger partial charge in [0.2, 0.25) is 0 Å². The Morgan fingerprint density at radius 3 is 2.33 bits per heavy atom. The number of hydrogen-bond acceptors (Lipinski definition) is 1. The lowest BCUT2D eigenvalue weighted by Crippen LogP contribution is -2.40. The molecule has 0 radical (unpaired) electrons. The number of anilines is 1. The third-order valence-corrected chi connectivity index (χ3v) is 7.23. The maximum Gasteiger partial charge on any atom is 0.0342 e. The molecule has 0 amide bonds. The van der Waals surface area contributed by atoms with Gasteiger partial charge in [0.25, 0.3) is 0 Å². The first-order valence-corrected chi connectivity index (χ1v) is 8.75. The van der Waals surface area contributed by atoms with Gasteiger partial charge in [-0.05, 0) is 66.0 Å². The van der Waals surface area contributed by atoms with Gasteiger partial charge in [0, 0.05) is 11.7 Å². The molecule has 0 aliphatic heterocycles. The van der Waals surface area contributed by atoms with Crippen LogP contribution in [0.3, 0.4) is 0 Å². The fourth-order valence-corrected chi connectivity index (χ4v) is 4.77. The molecule has 1 heteroatoms. The van der Waals surface area contributed by atoms with Crippen LogP contribution in [0.25, 0.3) is 0 Å². The maximum atomic E-state index is 3.85. The van der Waals surface area contributed by atoms with E-state index in [0.29, 0.717) is 22.8 Å². The van der Waals surface area contributed by atoms with E-state index >= 15 is 0 Å². The molecule has 2 aliphatic rings. The monoisotopic (exact) mass is 285 g/mol. The zero-order valence-electron chi connectivity index (χ0n) is 14.4. The fraction of sp³-hybridized carbons (Fsp3) is 0.700. The van der Waals surface area contributed by atoms with E-state index in [2.05, 4.69) is 64.2 Å². The van der Waals surface area contributed by atoms with Crippen molar-refractivity contribution in [1.29, 1.82) is 0 Å². The predicted molar refractivity (Wildman–Crippen MR) is 91.8 cm³/mol. The van der Waals surface area contributed by atoms with Gasteiger partial charge in [0.15, 0.2) is 0 Å². The minimum Gasteiger partial charge on any atom is -0.382 e. The molecule has 116 valence electrons. The average molecular weight is 285 g/mol. The van der Waals surface area contributed by atoms with Gasteiger partial charge in [-0.3, -0.25) is 0 Å². The molecule has 4 atom stereocenters. The Kier molecular flexibility index (Phi) is 3.58. The van der Waals surface area contributed by atoms with Crippen LogP contribution in [-0.2, 0) is 0 Å². The lowest BCUT2D eigenvalue weighted by Gasteiger charge is -2.40. The van der Waals surface area contributed by atoms with Crippen molar-refractivity contribution in [3.8, 4) is 0 Å². The fourth-order valence-electron chi connectivity index (χ4n) is 4.77. The molecule has 4 unspecified atom stereocenters. The summed E-state index contributed by atoms with van der Waals surface area (Å²) in [6.07, 6.45) is 5.36. The largest absolute Gasteiger partial charge is 0.382 e. The standard InChI is InChI=1S/C20H31N/c1-6-14(2)15-7-9-17(10-8-15)21-18-13-16-11-12-20(18,5)19(16,3)4/h7-10,14,16,18,21H,6,11-13H2,1-5H3. The van der Waals surface area contributed by atoms with Crippen LogP contribution in [0.15, 0.2) is 24.3 Å². The Hall–Kier alpha value is -0.980. The molecule has 1 aromatic rings. The number of hydrogen-bond donors (Lipinski definition) is 1. The summed E-state index contributed by atoms with van der Waals surface area (Å²) >= 11 is 0. The van der Waals surface area contributed by atoms with Crippen molar-refractivity contribution < 1.29 is 0 Å². The summed E-state index contributed by atoms with van der Waals surface area (Å²) in [7, 11) is 0. The molecular weight excluding hydrogens is 254 g/mol. The molecule has 0 spiro atoms. The number of nitrogens with one attached hydrogen (secondary N) is 1. The predicted octanol–water partition coefficient (Wildman–Crippen LogP) is 5.83. The van der Waals surface area contributed by atoms with Gasteiger partial charge < -0.3 is 5.32 Å². The van der Waals surface area contributed by atoms with Crippen molar-refractivity contribution in [3.05, 3.63) is 29.8 Å². The second-order valence-corrected chi connectivity index (χ2v) is 8.24. The summed E-state index contributed by atoms with van der Waals surface area (Å²) in [6.45, 7) is 12.0. The van der Waals surface area contributed by atoms with E-state index in [-0.39, 0.29) is 0 Å². The van der Waals surface area contributed by atoms with Gasteiger partial charge in [-0.1, -0.05) is 46.8 Å². The minimum atomic E-state index is 0.451. The molecule has 2 saturated carbocycles. The van der Waals surface area contributed by atoms with Crippen LogP contribution in [0.1, 0.15) is 71.8 Å². The molecular formula is C20H31N. The van der Waals surface area contributed by atoms with E-state index in [1.54, 1.807) is 0 Å². The van der Waals surface area contributed by atoms with E-state index in [1.165, 1.54) is 36.9 Å². The second kappa shape index (κ2) is 5.04. The van der Waals surface area contributed by atoms with Crippen molar-refractivity contribution in [2.45, 2.75) is 72.3 Å². The zero-order valence-corrected chi connectivity index (χ0v) is 14.4. The first-order valence-electron chi connectivity index (χ1n) is 8.75. The second-order valence-electron chi connectivity index (χ2n) is 8.24. The first-order chi connectivity index (χ1) is 9.88. The van der Waals surface area contributed by atoms with Crippen molar-refractivity contribution in [3.63, 3.8) is 0 Å². The summed E-state index contributed by atoms with van der Waals surface area (Å²) in [5.74, 6) is 1.57. The molecule has 1 nitrogen and oxygen atoms in total.